The molecule has 28 heavy (non-hydrogen) atoms. The SMILES string of the molecule is COc1cc(C(=O)N(C)Cc2ccccc2C(F)(F)F)c([N+](=O)[O-])cc1OC. The van der Waals surface area contributed by atoms with E-state index in [2.05, 4.69) is 0 Å². The molecule has 10 heteroatoms. The van der Waals surface area contributed by atoms with Crippen molar-refractivity contribution in [3.05, 3.63) is 63.2 Å². The Bertz CT molecular complexity index is 899. The first-order valence-electron chi connectivity index (χ1n) is 7.91. The number of halogens is 3. The maximum absolute atomic E-state index is 13.2. The number of rotatable bonds is 6. The van der Waals surface area contributed by atoms with E-state index in [0.717, 1.165) is 23.1 Å². The molecule has 2 aromatic rings. The van der Waals surface area contributed by atoms with Gasteiger partial charge >= 0.3 is 6.18 Å². The molecule has 0 aliphatic rings. The molecule has 1 amide bonds. The first-order valence-corrected chi connectivity index (χ1v) is 7.91. The lowest BCUT2D eigenvalue weighted by Crippen LogP contribution is -2.28. The van der Waals surface area contributed by atoms with Gasteiger partial charge in [0.05, 0.1) is 30.8 Å². The first kappa shape index (κ1) is 21.0. The standard InChI is InChI=1S/C18H17F3N2O5/c1-22(10-11-6-4-5-7-13(11)18(19,20)21)17(24)12-8-15(27-2)16(28-3)9-14(12)23(25)26/h4-9H,10H2,1-3H3. The summed E-state index contributed by atoms with van der Waals surface area (Å²) in [5.74, 6) is -0.694. The molecule has 0 fully saturated rings. The van der Waals surface area contributed by atoms with Crippen molar-refractivity contribution in [2.24, 2.45) is 0 Å². The maximum Gasteiger partial charge on any atom is 0.416 e. The molecule has 0 N–H and O–H groups in total. The highest BCUT2D eigenvalue weighted by Crippen LogP contribution is 2.36. The highest BCUT2D eigenvalue weighted by molar-refractivity contribution is 5.99. The maximum atomic E-state index is 13.2. The molecule has 2 rings (SSSR count). The zero-order chi connectivity index (χ0) is 21.1. The summed E-state index contributed by atoms with van der Waals surface area (Å²) in [4.78, 5) is 24.3. The van der Waals surface area contributed by atoms with E-state index in [4.69, 9.17) is 9.47 Å². The van der Waals surface area contributed by atoms with Gasteiger partial charge in [-0.25, -0.2) is 0 Å². The van der Waals surface area contributed by atoms with Crippen molar-refractivity contribution in [3.8, 4) is 11.5 Å². The molecular weight excluding hydrogens is 381 g/mol. The van der Waals surface area contributed by atoms with Crippen molar-refractivity contribution in [2.75, 3.05) is 21.3 Å². The number of nitro benzene ring substituents is 1. The van der Waals surface area contributed by atoms with Crippen molar-refractivity contribution in [3.63, 3.8) is 0 Å². The molecule has 0 radical (unpaired) electrons. The minimum Gasteiger partial charge on any atom is -0.493 e. The second kappa shape index (κ2) is 8.15. The van der Waals surface area contributed by atoms with Crippen LogP contribution in [0, 0.1) is 10.1 Å². The van der Waals surface area contributed by atoms with E-state index in [1.807, 2.05) is 0 Å². The predicted octanol–water partition coefficient (Wildman–Crippen LogP) is 3.90. The quantitative estimate of drug-likeness (QED) is 0.544. The molecular formula is C18H17F3N2O5. The molecule has 0 aliphatic heterocycles. The number of nitro groups is 1. The van der Waals surface area contributed by atoms with Crippen LogP contribution in [0.2, 0.25) is 0 Å². The number of ether oxygens (including phenoxy) is 2. The number of methoxy groups -OCH3 is 2. The van der Waals surface area contributed by atoms with Crippen LogP contribution >= 0.6 is 0 Å². The van der Waals surface area contributed by atoms with Crippen LogP contribution in [0.1, 0.15) is 21.5 Å². The molecule has 0 spiro atoms. The zero-order valence-corrected chi connectivity index (χ0v) is 15.2. The van der Waals surface area contributed by atoms with Gasteiger partial charge in [0.1, 0.15) is 5.56 Å². The molecule has 0 saturated carbocycles. The van der Waals surface area contributed by atoms with Gasteiger partial charge in [-0.1, -0.05) is 18.2 Å². The first-order chi connectivity index (χ1) is 13.1. The van der Waals surface area contributed by atoms with Gasteiger partial charge in [-0.15, -0.1) is 0 Å². The number of nitrogens with zero attached hydrogens (tertiary/aromatic N) is 2. The van der Waals surface area contributed by atoms with Crippen molar-refractivity contribution in [1.29, 1.82) is 0 Å². The van der Waals surface area contributed by atoms with Gasteiger partial charge in [-0.3, -0.25) is 14.9 Å². The summed E-state index contributed by atoms with van der Waals surface area (Å²) in [5.41, 5.74) is -1.88. The van der Waals surface area contributed by atoms with Gasteiger partial charge in [0.2, 0.25) is 0 Å². The van der Waals surface area contributed by atoms with E-state index >= 15 is 0 Å². The lowest BCUT2D eigenvalue weighted by atomic mass is 10.1. The van der Waals surface area contributed by atoms with Crippen LogP contribution in [0.15, 0.2) is 36.4 Å². The van der Waals surface area contributed by atoms with Crippen molar-refractivity contribution >= 4 is 11.6 Å². The Balaban J connectivity index is 2.43. The Labute approximate surface area is 158 Å². The van der Waals surface area contributed by atoms with Gasteiger partial charge in [0.25, 0.3) is 11.6 Å². The Morgan fingerprint density at radius 3 is 2.25 bits per heavy atom. The molecule has 7 nitrogen and oxygen atoms in total. The van der Waals surface area contributed by atoms with Gasteiger partial charge in [-0.05, 0) is 11.6 Å². The summed E-state index contributed by atoms with van der Waals surface area (Å²) in [6, 6.07) is 6.98. The lowest BCUT2D eigenvalue weighted by molar-refractivity contribution is -0.385. The summed E-state index contributed by atoms with van der Waals surface area (Å²) < 4.78 is 49.5. The second-order valence-corrected chi connectivity index (χ2v) is 5.80. The topological polar surface area (TPSA) is 81.9 Å². The van der Waals surface area contributed by atoms with E-state index < -0.39 is 28.3 Å². The third-order valence-electron chi connectivity index (χ3n) is 4.01. The van der Waals surface area contributed by atoms with E-state index in [0.29, 0.717) is 0 Å². The molecule has 0 unspecified atom stereocenters. The monoisotopic (exact) mass is 398 g/mol. The van der Waals surface area contributed by atoms with Gasteiger partial charge in [0, 0.05) is 19.7 Å². The molecule has 2 aromatic carbocycles. The number of hydrogen-bond donors (Lipinski definition) is 0. The Kier molecular flexibility index (Phi) is 6.12. The lowest BCUT2D eigenvalue weighted by Gasteiger charge is -2.20. The number of carbonyl (C=O) groups excluding carboxylic acids is 1. The van der Waals surface area contributed by atoms with E-state index in [1.54, 1.807) is 0 Å². The molecule has 0 bridgehead atoms. The van der Waals surface area contributed by atoms with Crippen molar-refractivity contribution in [1.82, 2.24) is 4.90 Å². The fourth-order valence-corrected chi connectivity index (χ4v) is 2.66. The highest BCUT2D eigenvalue weighted by atomic mass is 19.4. The number of amides is 1. The molecule has 0 aromatic heterocycles. The Morgan fingerprint density at radius 1 is 1.14 bits per heavy atom. The molecule has 150 valence electrons. The Hall–Kier alpha value is -3.30. The van der Waals surface area contributed by atoms with E-state index in [9.17, 15) is 28.1 Å². The summed E-state index contributed by atoms with van der Waals surface area (Å²) in [7, 11) is 3.83. The van der Waals surface area contributed by atoms with Crippen LogP contribution in [-0.2, 0) is 12.7 Å². The van der Waals surface area contributed by atoms with Crippen LogP contribution < -0.4 is 9.47 Å². The van der Waals surface area contributed by atoms with Crippen molar-refractivity contribution in [2.45, 2.75) is 12.7 Å². The normalized spacial score (nSPS) is 11.1. The zero-order valence-electron chi connectivity index (χ0n) is 15.2. The van der Waals surface area contributed by atoms with Gasteiger partial charge < -0.3 is 14.4 Å². The molecule has 0 atom stereocenters. The fraction of sp³-hybridized carbons (Fsp3) is 0.278. The predicted molar refractivity (Wildman–Crippen MR) is 93.4 cm³/mol. The van der Waals surface area contributed by atoms with Crippen molar-refractivity contribution < 1.29 is 32.4 Å². The Morgan fingerprint density at radius 2 is 1.71 bits per heavy atom. The van der Waals surface area contributed by atoms with Gasteiger partial charge in [-0.2, -0.15) is 13.2 Å². The van der Waals surface area contributed by atoms with E-state index in [1.165, 1.54) is 39.5 Å². The summed E-state index contributed by atoms with van der Waals surface area (Å²) in [5, 5.41) is 11.4. The third-order valence-corrected chi connectivity index (χ3v) is 4.01. The van der Waals surface area contributed by atoms with Crippen LogP contribution in [0.3, 0.4) is 0 Å². The van der Waals surface area contributed by atoms with E-state index in [-0.39, 0.29) is 29.2 Å². The number of benzene rings is 2. The van der Waals surface area contributed by atoms with Gasteiger partial charge in [0.15, 0.2) is 11.5 Å². The van der Waals surface area contributed by atoms with Crippen LogP contribution in [-0.4, -0.2) is 37.0 Å². The second-order valence-electron chi connectivity index (χ2n) is 5.80. The molecule has 0 aliphatic carbocycles. The highest BCUT2D eigenvalue weighted by Gasteiger charge is 2.34. The van der Waals surface area contributed by atoms with Crippen LogP contribution in [0.4, 0.5) is 18.9 Å². The van der Waals surface area contributed by atoms with Crippen LogP contribution in [0.5, 0.6) is 11.5 Å². The average Bonchev–Trinajstić information content (AvgIpc) is 2.65. The minimum atomic E-state index is -4.59. The number of hydrogen-bond acceptors (Lipinski definition) is 5. The summed E-state index contributed by atoms with van der Waals surface area (Å²) in [6.07, 6.45) is -4.59. The molecule has 0 heterocycles. The smallest absolute Gasteiger partial charge is 0.416 e. The number of alkyl halides is 3. The molecule has 0 saturated heterocycles. The summed E-state index contributed by atoms with van der Waals surface area (Å²) >= 11 is 0. The third kappa shape index (κ3) is 4.33. The largest absolute Gasteiger partial charge is 0.493 e. The van der Waals surface area contributed by atoms with Crippen LogP contribution in [0.25, 0.3) is 0 Å². The number of carbonyl (C=O) groups is 1. The fourth-order valence-electron chi connectivity index (χ4n) is 2.66. The summed E-state index contributed by atoms with van der Waals surface area (Å²) in [6.45, 7) is -0.389. The minimum absolute atomic E-state index is 0.0517. The average molecular weight is 398 g/mol.